The SMILES string of the molecule is O=C(N[C@@H]1CCn2nccc2C1)c1cc(Br)ccc1Cl. The van der Waals surface area contributed by atoms with Gasteiger partial charge in [-0.25, -0.2) is 0 Å². The van der Waals surface area contributed by atoms with Crippen molar-refractivity contribution in [1.82, 2.24) is 15.1 Å². The smallest absolute Gasteiger partial charge is 0.253 e. The molecule has 1 aliphatic heterocycles. The summed E-state index contributed by atoms with van der Waals surface area (Å²) in [6.07, 6.45) is 3.48. The van der Waals surface area contributed by atoms with Gasteiger partial charge in [-0.15, -0.1) is 0 Å². The van der Waals surface area contributed by atoms with E-state index in [9.17, 15) is 4.79 Å². The molecule has 0 saturated heterocycles. The van der Waals surface area contributed by atoms with Crippen LogP contribution < -0.4 is 5.32 Å². The van der Waals surface area contributed by atoms with E-state index in [1.807, 2.05) is 16.8 Å². The Morgan fingerprint density at radius 2 is 2.30 bits per heavy atom. The van der Waals surface area contributed by atoms with Crippen LogP contribution >= 0.6 is 27.5 Å². The van der Waals surface area contributed by atoms with Crippen LogP contribution in [0.4, 0.5) is 0 Å². The minimum absolute atomic E-state index is 0.127. The Morgan fingerprint density at radius 3 is 3.15 bits per heavy atom. The van der Waals surface area contributed by atoms with E-state index in [0.29, 0.717) is 10.6 Å². The fraction of sp³-hybridized carbons (Fsp3) is 0.286. The number of fused-ring (bicyclic) bond motifs is 1. The average molecular weight is 355 g/mol. The molecule has 1 atom stereocenters. The monoisotopic (exact) mass is 353 g/mol. The zero-order valence-electron chi connectivity index (χ0n) is 10.6. The molecule has 1 aliphatic rings. The topological polar surface area (TPSA) is 46.9 Å². The number of rotatable bonds is 2. The largest absolute Gasteiger partial charge is 0.349 e. The Bertz CT molecular complexity index is 656. The van der Waals surface area contributed by atoms with Crippen molar-refractivity contribution in [3.63, 3.8) is 0 Å². The molecule has 104 valence electrons. The normalized spacial score (nSPS) is 17.6. The Balaban J connectivity index is 1.72. The highest BCUT2D eigenvalue weighted by Gasteiger charge is 2.21. The molecule has 20 heavy (non-hydrogen) atoms. The summed E-state index contributed by atoms with van der Waals surface area (Å²) in [5.74, 6) is -0.130. The highest BCUT2D eigenvalue weighted by molar-refractivity contribution is 9.10. The van der Waals surface area contributed by atoms with Crippen LogP contribution in [0, 0.1) is 0 Å². The first kappa shape index (κ1) is 13.6. The lowest BCUT2D eigenvalue weighted by Crippen LogP contribution is -2.40. The van der Waals surface area contributed by atoms with Crippen LogP contribution in [0.5, 0.6) is 0 Å². The van der Waals surface area contributed by atoms with Gasteiger partial charge in [0.15, 0.2) is 0 Å². The summed E-state index contributed by atoms with van der Waals surface area (Å²) in [5, 5.41) is 7.74. The lowest BCUT2D eigenvalue weighted by molar-refractivity contribution is 0.0930. The summed E-state index contributed by atoms with van der Waals surface area (Å²) < 4.78 is 2.82. The van der Waals surface area contributed by atoms with Crippen LogP contribution in [-0.4, -0.2) is 21.7 Å². The van der Waals surface area contributed by atoms with Gasteiger partial charge in [0, 0.05) is 35.4 Å². The summed E-state index contributed by atoms with van der Waals surface area (Å²) in [6.45, 7) is 0.833. The van der Waals surface area contributed by atoms with Crippen LogP contribution in [0.1, 0.15) is 22.5 Å². The first-order valence-corrected chi connectivity index (χ1v) is 7.57. The summed E-state index contributed by atoms with van der Waals surface area (Å²) in [4.78, 5) is 12.3. The molecule has 4 nitrogen and oxygen atoms in total. The lowest BCUT2D eigenvalue weighted by atomic mass is 10.0. The maximum absolute atomic E-state index is 12.3. The predicted molar refractivity (Wildman–Crippen MR) is 81.0 cm³/mol. The minimum atomic E-state index is -0.130. The zero-order chi connectivity index (χ0) is 14.1. The Labute approximate surface area is 130 Å². The number of hydrogen-bond acceptors (Lipinski definition) is 2. The molecule has 1 aromatic heterocycles. The number of aryl methyl sites for hydroxylation is 1. The van der Waals surface area contributed by atoms with Gasteiger partial charge in [-0.3, -0.25) is 9.48 Å². The van der Waals surface area contributed by atoms with E-state index in [1.54, 1.807) is 18.3 Å². The molecule has 2 aromatic rings. The molecule has 2 heterocycles. The highest BCUT2D eigenvalue weighted by Crippen LogP contribution is 2.22. The number of nitrogens with one attached hydrogen (secondary N) is 1. The standard InChI is InChI=1S/C14H13BrClN3O/c15-9-1-2-13(16)12(7-9)14(20)18-10-4-6-19-11(8-10)3-5-17-19/h1-3,5,7,10H,4,6,8H2,(H,18,20)/t10-/m1/s1. The summed E-state index contributed by atoms with van der Waals surface area (Å²) in [5.41, 5.74) is 1.65. The Kier molecular flexibility index (Phi) is 3.81. The number of hydrogen-bond donors (Lipinski definition) is 1. The number of amides is 1. The van der Waals surface area contributed by atoms with E-state index >= 15 is 0 Å². The number of carbonyl (C=O) groups is 1. The van der Waals surface area contributed by atoms with Crippen molar-refractivity contribution < 1.29 is 4.79 Å². The molecular weight excluding hydrogens is 342 g/mol. The number of carbonyl (C=O) groups excluding carboxylic acids is 1. The van der Waals surface area contributed by atoms with Crippen molar-refractivity contribution in [1.29, 1.82) is 0 Å². The summed E-state index contributed by atoms with van der Waals surface area (Å²) >= 11 is 9.43. The van der Waals surface area contributed by atoms with Crippen LogP contribution in [0.15, 0.2) is 34.9 Å². The Hall–Kier alpha value is -1.33. The third-order valence-electron chi connectivity index (χ3n) is 3.46. The average Bonchev–Trinajstić information content (AvgIpc) is 2.89. The van der Waals surface area contributed by atoms with Gasteiger partial charge >= 0.3 is 0 Å². The maximum Gasteiger partial charge on any atom is 0.253 e. The second-order valence-corrected chi connectivity index (χ2v) is 6.16. The van der Waals surface area contributed by atoms with Crippen LogP contribution in [0.2, 0.25) is 5.02 Å². The van der Waals surface area contributed by atoms with E-state index in [2.05, 4.69) is 26.3 Å². The molecule has 6 heteroatoms. The van der Waals surface area contributed by atoms with Gasteiger partial charge in [-0.05, 0) is 30.7 Å². The third kappa shape index (κ3) is 2.74. The number of nitrogens with zero attached hydrogens (tertiary/aromatic N) is 2. The van der Waals surface area contributed by atoms with Gasteiger partial charge < -0.3 is 5.32 Å². The van der Waals surface area contributed by atoms with Gasteiger partial charge in [-0.2, -0.15) is 5.10 Å². The van der Waals surface area contributed by atoms with Gasteiger partial charge in [0.25, 0.3) is 5.91 Å². The fourth-order valence-corrected chi connectivity index (χ4v) is 2.99. The first-order chi connectivity index (χ1) is 9.63. The number of aromatic nitrogens is 2. The molecular formula is C14H13BrClN3O. The van der Waals surface area contributed by atoms with E-state index in [-0.39, 0.29) is 11.9 Å². The molecule has 0 spiro atoms. The van der Waals surface area contributed by atoms with Crippen molar-refractivity contribution >= 4 is 33.4 Å². The molecule has 0 radical (unpaired) electrons. The molecule has 0 unspecified atom stereocenters. The molecule has 0 bridgehead atoms. The number of halogens is 2. The van der Waals surface area contributed by atoms with Crippen LogP contribution in [0.3, 0.4) is 0 Å². The van der Waals surface area contributed by atoms with E-state index in [4.69, 9.17) is 11.6 Å². The van der Waals surface area contributed by atoms with E-state index in [0.717, 1.165) is 29.6 Å². The van der Waals surface area contributed by atoms with Crippen molar-refractivity contribution in [2.24, 2.45) is 0 Å². The minimum Gasteiger partial charge on any atom is -0.349 e. The lowest BCUT2D eigenvalue weighted by Gasteiger charge is -2.24. The van der Waals surface area contributed by atoms with E-state index < -0.39 is 0 Å². The van der Waals surface area contributed by atoms with Gasteiger partial charge in [0.1, 0.15) is 0 Å². The third-order valence-corrected chi connectivity index (χ3v) is 4.28. The predicted octanol–water partition coefficient (Wildman–Crippen LogP) is 3.04. The molecule has 3 rings (SSSR count). The van der Waals surface area contributed by atoms with E-state index in [1.165, 1.54) is 0 Å². The van der Waals surface area contributed by atoms with Crippen LogP contribution in [0.25, 0.3) is 0 Å². The summed E-state index contributed by atoms with van der Waals surface area (Å²) in [7, 11) is 0. The summed E-state index contributed by atoms with van der Waals surface area (Å²) in [6, 6.07) is 7.39. The van der Waals surface area contributed by atoms with Gasteiger partial charge in [-0.1, -0.05) is 27.5 Å². The number of benzene rings is 1. The van der Waals surface area contributed by atoms with Crippen molar-refractivity contribution in [3.05, 3.63) is 51.2 Å². The molecule has 0 aliphatic carbocycles. The van der Waals surface area contributed by atoms with Crippen molar-refractivity contribution in [2.45, 2.75) is 25.4 Å². The quantitative estimate of drug-likeness (QED) is 0.901. The molecule has 1 aromatic carbocycles. The molecule has 0 fully saturated rings. The second kappa shape index (κ2) is 5.58. The molecule has 0 saturated carbocycles. The van der Waals surface area contributed by atoms with Crippen molar-refractivity contribution in [3.8, 4) is 0 Å². The fourth-order valence-electron chi connectivity index (χ4n) is 2.43. The Morgan fingerprint density at radius 1 is 1.45 bits per heavy atom. The van der Waals surface area contributed by atoms with Crippen molar-refractivity contribution in [2.75, 3.05) is 0 Å². The molecule has 1 N–H and O–H groups in total. The van der Waals surface area contributed by atoms with Gasteiger partial charge in [0.2, 0.25) is 0 Å². The van der Waals surface area contributed by atoms with Crippen LogP contribution in [-0.2, 0) is 13.0 Å². The maximum atomic E-state index is 12.3. The highest BCUT2D eigenvalue weighted by atomic mass is 79.9. The first-order valence-electron chi connectivity index (χ1n) is 6.40. The second-order valence-electron chi connectivity index (χ2n) is 4.83. The zero-order valence-corrected chi connectivity index (χ0v) is 13.0. The molecule has 1 amide bonds. The van der Waals surface area contributed by atoms with Gasteiger partial charge in [0.05, 0.1) is 10.6 Å².